The van der Waals surface area contributed by atoms with Gasteiger partial charge >= 0.3 is 0 Å². The van der Waals surface area contributed by atoms with Gasteiger partial charge in [0.1, 0.15) is 5.41 Å². The highest BCUT2D eigenvalue weighted by molar-refractivity contribution is 6.34. The molecule has 0 aromatic heterocycles. The molecular weight excluding hydrogens is 294 g/mol. The summed E-state index contributed by atoms with van der Waals surface area (Å²) in [5.41, 5.74) is 6.08. The second-order valence-electron chi connectivity index (χ2n) is 5.07. The van der Waals surface area contributed by atoms with Crippen molar-refractivity contribution in [2.45, 2.75) is 19.8 Å². The number of carbonyl (C=O) groups is 1. The number of nitrogens with zero attached hydrogens (tertiary/aromatic N) is 1. The van der Waals surface area contributed by atoms with Crippen LogP contribution in [0.4, 0.5) is 5.69 Å². The second kappa shape index (κ2) is 6.32. The van der Waals surface area contributed by atoms with E-state index in [0.717, 1.165) is 5.56 Å². The number of anilines is 1. The number of rotatable bonds is 3. The van der Waals surface area contributed by atoms with Crippen molar-refractivity contribution < 1.29 is 14.7 Å². The number of para-hydroxylation sites is 1. The molecule has 7 heteroatoms. The van der Waals surface area contributed by atoms with Crippen LogP contribution < -0.4 is 11.1 Å². The highest BCUT2D eigenvalue weighted by atomic mass is 35.5. The second-order valence-corrected chi connectivity index (χ2v) is 5.47. The van der Waals surface area contributed by atoms with Crippen LogP contribution in [0.15, 0.2) is 23.4 Å². The minimum absolute atomic E-state index is 0.104. The lowest BCUT2D eigenvalue weighted by molar-refractivity contribution is -0.126. The molecule has 0 radical (unpaired) electrons. The summed E-state index contributed by atoms with van der Waals surface area (Å²) >= 11 is 6.12. The van der Waals surface area contributed by atoms with Crippen LogP contribution in [-0.2, 0) is 9.53 Å². The summed E-state index contributed by atoms with van der Waals surface area (Å²) in [6.07, 6.45) is 0.719. The van der Waals surface area contributed by atoms with E-state index in [9.17, 15) is 4.79 Å². The van der Waals surface area contributed by atoms with Crippen LogP contribution >= 0.6 is 11.6 Å². The molecule has 1 aromatic carbocycles. The lowest BCUT2D eigenvalue weighted by Crippen LogP contribution is -2.50. The minimum atomic E-state index is -1.07. The van der Waals surface area contributed by atoms with Crippen molar-refractivity contribution in [2.75, 3.05) is 18.5 Å². The number of nitrogens with two attached hydrogens (primary N) is 1. The maximum absolute atomic E-state index is 12.7. The Labute approximate surface area is 127 Å². The van der Waals surface area contributed by atoms with Gasteiger partial charge in [0.25, 0.3) is 0 Å². The van der Waals surface area contributed by atoms with Crippen molar-refractivity contribution in [3.05, 3.63) is 28.8 Å². The number of nitrogens with one attached hydrogen (secondary N) is 1. The Morgan fingerprint density at radius 3 is 2.71 bits per heavy atom. The molecule has 0 atom stereocenters. The Hall–Kier alpha value is -1.79. The van der Waals surface area contributed by atoms with Gasteiger partial charge < -0.3 is 21.0 Å². The van der Waals surface area contributed by atoms with Crippen molar-refractivity contribution in [2.24, 2.45) is 16.3 Å². The SMILES string of the molecule is Cc1cccc(Cl)c1NC(=O)C1(C(N)=NO)CCOCC1. The molecule has 0 saturated carbocycles. The molecule has 0 bridgehead atoms. The number of hydrogen-bond donors (Lipinski definition) is 3. The van der Waals surface area contributed by atoms with Gasteiger partial charge in [-0.2, -0.15) is 0 Å². The Morgan fingerprint density at radius 1 is 1.48 bits per heavy atom. The molecule has 1 aromatic rings. The van der Waals surface area contributed by atoms with Gasteiger partial charge in [-0.05, 0) is 31.4 Å². The fraction of sp³-hybridized carbons (Fsp3) is 0.429. The topological polar surface area (TPSA) is 96.9 Å². The third kappa shape index (κ3) is 2.96. The summed E-state index contributed by atoms with van der Waals surface area (Å²) in [6, 6.07) is 5.35. The fourth-order valence-electron chi connectivity index (χ4n) is 2.44. The van der Waals surface area contributed by atoms with Gasteiger partial charge in [0.15, 0.2) is 5.84 Å². The van der Waals surface area contributed by atoms with E-state index in [0.29, 0.717) is 36.8 Å². The van der Waals surface area contributed by atoms with Crippen molar-refractivity contribution >= 4 is 29.0 Å². The first kappa shape index (κ1) is 15.6. The molecule has 1 heterocycles. The number of oxime groups is 1. The first-order valence-electron chi connectivity index (χ1n) is 6.63. The zero-order valence-corrected chi connectivity index (χ0v) is 12.5. The molecule has 0 aliphatic carbocycles. The van der Waals surface area contributed by atoms with Crippen molar-refractivity contribution in [1.82, 2.24) is 0 Å². The molecule has 1 saturated heterocycles. The summed E-state index contributed by atoms with van der Waals surface area (Å²) < 4.78 is 5.27. The summed E-state index contributed by atoms with van der Waals surface area (Å²) in [5.74, 6) is -0.440. The molecule has 1 aliphatic rings. The maximum Gasteiger partial charge on any atom is 0.238 e. The lowest BCUT2D eigenvalue weighted by atomic mass is 9.78. The first-order valence-corrected chi connectivity index (χ1v) is 7.01. The normalized spacial score (nSPS) is 18.3. The van der Waals surface area contributed by atoms with Crippen LogP contribution in [0.2, 0.25) is 5.02 Å². The third-order valence-corrected chi connectivity index (χ3v) is 4.15. The maximum atomic E-state index is 12.7. The fourth-order valence-corrected chi connectivity index (χ4v) is 2.71. The molecule has 114 valence electrons. The largest absolute Gasteiger partial charge is 0.409 e. The van der Waals surface area contributed by atoms with Crippen LogP contribution in [0.3, 0.4) is 0 Å². The number of amidine groups is 1. The van der Waals surface area contributed by atoms with Gasteiger partial charge in [0, 0.05) is 13.2 Å². The number of aryl methyl sites for hydroxylation is 1. The van der Waals surface area contributed by atoms with Crippen molar-refractivity contribution in [3.8, 4) is 0 Å². The molecule has 2 rings (SSSR count). The monoisotopic (exact) mass is 311 g/mol. The molecule has 1 aliphatic heterocycles. The zero-order valence-electron chi connectivity index (χ0n) is 11.7. The van der Waals surface area contributed by atoms with Crippen LogP contribution in [-0.4, -0.2) is 30.2 Å². The lowest BCUT2D eigenvalue weighted by Gasteiger charge is -2.34. The summed E-state index contributed by atoms with van der Waals surface area (Å²) in [7, 11) is 0. The molecule has 21 heavy (non-hydrogen) atoms. The minimum Gasteiger partial charge on any atom is -0.409 e. The highest BCUT2D eigenvalue weighted by Crippen LogP contribution is 2.34. The van der Waals surface area contributed by atoms with Crippen LogP contribution in [0.5, 0.6) is 0 Å². The highest BCUT2D eigenvalue weighted by Gasteiger charge is 2.44. The number of ether oxygens (including phenoxy) is 1. The van der Waals surface area contributed by atoms with Gasteiger partial charge in [-0.15, -0.1) is 0 Å². The first-order chi connectivity index (χ1) is 10.0. The number of amides is 1. The molecule has 0 unspecified atom stereocenters. The quantitative estimate of drug-likeness (QED) is 0.345. The number of carbonyl (C=O) groups excluding carboxylic acids is 1. The number of halogens is 1. The van der Waals surface area contributed by atoms with E-state index in [1.54, 1.807) is 12.1 Å². The molecule has 1 fully saturated rings. The van der Waals surface area contributed by atoms with Gasteiger partial charge in [-0.3, -0.25) is 4.79 Å². The van der Waals surface area contributed by atoms with E-state index < -0.39 is 5.41 Å². The van der Waals surface area contributed by atoms with Crippen molar-refractivity contribution in [3.63, 3.8) is 0 Å². The smallest absolute Gasteiger partial charge is 0.238 e. The van der Waals surface area contributed by atoms with Gasteiger partial charge in [-0.25, -0.2) is 0 Å². The van der Waals surface area contributed by atoms with E-state index in [4.69, 9.17) is 27.3 Å². The number of benzene rings is 1. The molecule has 1 amide bonds. The van der Waals surface area contributed by atoms with Gasteiger partial charge in [-0.1, -0.05) is 28.9 Å². The Balaban J connectivity index is 2.32. The Kier molecular flexibility index (Phi) is 4.69. The average molecular weight is 312 g/mol. The Bertz CT molecular complexity index is 548. The van der Waals surface area contributed by atoms with E-state index >= 15 is 0 Å². The number of hydrogen-bond acceptors (Lipinski definition) is 4. The standard InChI is InChI=1S/C14H18ClN3O3/c1-9-3-2-4-10(15)11(9)17-13(19)14(12(16)18-20)5-7-21-8-6-14/h2-4,20H,5-8H2,1H3,(H2,16,18)(H,17,19). The Morgan fingerprint density at radius 2 is 2.14 bits per heavy atom. The van der Waals surface area contributed by atoms with Crippen LogP contribution in [0.1, 0.15) is 18.4 Å². The van der Waals surface area contributed by atoms with E-state index in [1.807, 2.05) is 13.0 Å². The van der Waals surface area contributed by atoms with Gasteiger partial charge in [0.05, 0.1) is 10.7 Å². The average Bonchev–Trinajstić information content (AvgIpc) is 2.50. The van der Waals surface area contributed by atoms with E-state index in [2.05, 4.69) is 10.5 Å². The molecule has 4 N–H and O–H groups in total. The summed E-state index contributed by atoms with van der Waals surface area (Å²) in [6.45, 7) is 2.61. The zero-order chi connectivity index (χ0) is 15.5. The third-order valence-electron chi connectivity index (χ3n) is 3.84. The van der Waals surface area contributed by atoms with Crippen LogP contribution in [0.25, 0.3) is 0 Å². The predicted molar refractivity (Wildman–Crippen MR) is 80.7 cm³/mol. The van der Waals surface area contributed by atoms with Gasteiger partial charge in [0.2, 0.25) is 5.91 Å². The molecule has 0 spiro atoms. The van der Waals surface area contributed by atoms with E-state index in [1.165, 1.54) is 0 Å². The molecule has 6 nitrogen and oxygen atoms in total. The summed E-state index contributed by atoms with van der Waals surface area (Å²) in [5, 5.41) is 15.3. The van der Waals surface area contributed by atoms with E-state index in [-0.39, 0.29) is 11.7 Å². The predicted octanol–water partition coefficient (Wildman–Crippen LogP) is 2.13. The van der Waals surface area contributed by atoms with Crippen LogP contribution in [0, 0.1) is 12.3 Å². The summed E-state index contributed by atoms with van der Waals surface area (Å²) in [4.78, 5) is 12.7. The molecular formula is C14H18ClN3O3. The van der Waals surface area contributed by atoms with Crippen molar-refractivity contribution in [1.29, 1.82) is 0 Å².